The molecule has 0 aromatic rings. The third-order valence-corrected chi connectivity index (χ3v) is 2.77. The first-order chi connectivity index (χ1) is 6.97. The van der Waals surface area contributed by atoms with Crippen molar-refractivity contribution in [1.82, 2.24) is 0 Å². The van der Waals surface area contributed by atoms with Gasteiger partial charge < -0.3 is 9.47 Å². The van der Waals surface area contributed by atoms with E-state index in [1.165, 1.54) is 6.92 Å². The van der Waals surface area contributed by atoms with Crippen molar-refractivity contribution < 1.29 is 23.0 Å². The Morgan fingerprint density at radius 1 is 1.47 bits per heavy atom. The number of ether oxygens (including phenoxy) is 2. The van der Waals surface area contributed by atoms with Gasteiger partial charge in [0.15, 0.2) is 6.17 Å². The van der Waals surface area contributed by atoms with Gasteiger partial charge in [-0.15, -0.1) is 0 Å². The minimum absolute atomic E-state index is 0.272. The highest BCUT2D eigenvalue weighted by Gasteiger charge is 2.44. The van der Waals surface area contributed by atoms with Crippen LogP contribution < -0.4 is 0 Å². The minimum Gasteiger partial charge on any atom is -0.459 e. The summed E-state index contributed by atoms with van der Waals surface area (Å²) in [6.45, 7) is 3.75. The molecule has 5 atom stereocenters. The van der Waals surface area contributed by atoms with Gasteiger partial charge in [0.2, 0.25) is 0 Å². The van der Waals surface area contributed by atoms with E-state index in [4.69, 9.17) is 9.47 Å². The highest BCUT2D eigenvalue weighted by atomic mass is 19.1. The lowest BCUT2D eigenvalue weighted by atomic mass is 9.90. The molecule has 0 spiro atoms. The Hall–Kier alpha value is -0.710. The van der Waals surface area contributed by atoms with Crippen LogP contribution in [0.15, 0.2) is 0 Å². The topological polar surface area (TPSA) is 35.5 Å². The number of carbonyl (C=O) groups is 1. The fraction of sp³-hybridized carbons (Fsp3) is 0.900. The number of hydrogen-bond donors (Lipinski definition) is 0. The maximum Gasteiger partial charge on any atom is 0.303 e. The summed E-state index contributed by atoms with van der Waals surface area (Å²) in [5, 5.41) is 0. The molecule has 0 aromatic carbocycles. The van der Waals surface area contributed by atoms with Gasteiger partial charge in [-0.25, -0.2) is 8.78 Å². The van der Waals surface area contributed by atoms with Crippen LogP contribution in [0.25, 0.3) is 0 Å². The maximum absolute atomic E-state index is 13.7. The molecule has 0 amide bonds. The van der Waals surface area contributed by atoms with Crippen molar-refractivity contribution in [2.75, 3.05) is 6.67 Å². The van der Waals surface area contributed by atoms with E-state index in [1.807, 2.05) is 0 Å². The molecule has 1 aliphatic heterocycles. The Morgan fingerprint density at radius 3 is 2.53 bits per heavy atom. The van der Waals surface area contributed by atoms with E-state index >= 15 is 0 Å². The van der Waals surface area contributed by atoms with Gasteiger partial charge in [0.05, 0.1) is 6.10 Å². The summed E-state index contributed by atoms with van der Waals surface area (Å²) >= 11 is 0. The number of halogens is 2. The lowest BCUT2D eigenvalue weighted by molar-refractivity contribution is -0.194. The van der Waals surface area contributed by atoms with Gasteiger partial charge in [-0.1, -0.05) is 6.92 Å². The monoisotopic (exact) mass is 222 g/mol. The molecule has 3 unspecified atom stereocenters. The fourth-order valence-corrected chi connectivity index (χ4v) is 1.73. The molecule has 0 N–H and O–H groups in total. The summed E-state index contributed by atoms with van der Waals surface area (Å²) in [5.41, 5.74) is 0. The predicted molar refractivity (Wildman–Crippen MR) is 49.9 cm³/mol. The molecule has 0 bridgehead atoms. The molecular formula is C10H16F2O3. The Morgan fingerprint density at radius 2 is 2.07 bits per heavy atom. The normalized spacial score (nSPS) is 41.3. The summed E-state index contributed by atoms with van der Waals surface area (Å²) < 4.78 is 36.1. The second-order valence-corrected chi connectivity index (χ2v) is 3.91. The van der Waals surface area contributed by atoms with Gasteiger partial charge in [0, 0.05) is 12.8 Å². The number of carbonyl (C=O) groups excluding carboxylic acids is 1. The number of hydrogen-bond acceptors (Lipinski definition) is 3. The van der Waals surface area contributed by atoms with E-state index in [9.17, 15) is 13.6 Å². The van der Waals surface area contributed by atoms with E-state index in [2.05, 4.69) is 0 Å². The standard InChI is InChI=1S/C10H16F2O3/c1-5-6(2)14-8(4-11)9(12)10(5)15-7(3)13/h5-6,8-10H,4H2,1-3H3/t5-,6?,8?,9-,10?/m1/s1. The second-order valence-electron chi connectivity index (χ2n) is 3.91. The average molecular weight is 222 g/mol. The maximum atomic E-state index is 13.7. The zero-order chi connectivity index (χ0) is 11.6. The molecule has 1 fully saturated rings. The SMILES string of the molecule is CC(=O)OC1[C@H](C)C(C)OC(CF)[C@H]1F. The summed E-state index contributed by atoms with van der Waals surface area (Å²) in [4.78, 5) is 10.8. The highest BCUT2D eigenvalue weighted by molar-refractivity contribution is 5.66. The Kier molecular flexibility index (Phi) is 4.02. The van der Waals surface area contributed by atoms with Crippen LogP contribution in [0.1, 0.15) is 20.8 Å². The van der Waals surface area contributed by atoms with E-state index in [1.54, 1.807) is 13.8 Å². The molecule has 15 heavy (non-hydrogen) atoms. The molecule has 0 saturated carbocycles. The van der Waals surface area contributed by atoms with Gasteiger partial charge in [0.1, 0.15) is 18.9 Å². The fourth-order valence-electron chi connectivity index (χ4n) is 1.73. The van der Waals surface area contributed by atoms with E-state index in [0.717, 1.165) is 0 Å². The quantitative estimate of drug-likeness (QED) is 0.666. The first-order valence-corrected chi connectivity index (χ1v) is 5.00. The van der Waals surface area contributed by atoms with Crippen LogP contribution in [-0.4, -0.2) is 37.1 Å². The number of alkyl halides is 2. The second kappa shape index (κ2) is 4.88. The van der Waals surface area contributed by atoms with Crippen molar-refractivity contribution in [3.05, 3.63) is 0 Å². The van der Waals surface area contributed by atoms with Crippen molar-refractivity contribution in [3.63, 3.8) is 0 Å². The molecule has 0 aliphatic carbocycles. The first kappa shape index (κ1) is 12.4. The lowest BCUT2D eigenvalue weighted by Crippen LogP contribution is -2.53. The molecule has 1 heterocycles. The summed E-state index contributed by atoms with van der Waals surface area (Å²) in [7, 11) is 0. The first-order valence-electron chi connectivity index (χ1n) is 5.00. The van der Waals surface area contributed by atoms with Crippen LogP contribution in [0.4, 0.5) is 8.78 Å². The van der Waals surface area contributed by atoms with Crippen LogP contribution >= 0.6 is 0 Å². The summed E-state index contributed by atoms with van der Waals surface area (Å²) in [6, 6.07) is 0. The number of rotatable bonds is 2. The highest BCUT2D eigenvalue weighted by Crippen LogP contribution is 2.30. The third-order valence-electron chi connectivity index (χ3n) is 2.77. The largest absolute Gasteiger partial charge is 0.459 e. The molecular weight excluding hydrogens is 206 g/mol. The molecule has 1 aliphatic rings. The molecule has 0 radical (unpaired) electrons. The smallest absolute Gasteiger partial charge is 0.303 e. The molecule has 5 heteroatoms. The van der Waals surface area contributed by atoms with E-state index < -0.39 is 31.0 Å². The van der Waals surface area contributed by atoms with Gasteiger partial charge in [0.25, 0.3) is 0 Å². The predicted octanol–water partition coefficient (Wildman–Crippen LogP) is 1.65. The third kappa shape index (κ3) is 2.65. The summed E-state index contributed by atoms with van der Waals surface area (Å²) in [5.74, 6) is -0.826. The lowest BCUT2D eigenvalue weighted by Gasteiger charge is -2.39. The Bertz CT molecular complexity index is 235. The van der Waals surface area contributed by atoms with E-state index in [-0.39, 0.29) is 12.0 Å². The van der Waals surface area contributed by atoms with Crippen molar-refractivity contribution in [1.29, 1.82) is 0 Å². The van der Waals surface area contributed by atoms with Crippen LogP contribution in [-0.2, 0) is 14.3 Å². The molecule has 3 nitrogen and oxygen atoms in total. The van der Waals surface area contributed by atoms with Crippen molar-refractivity contribution in [2.24, 2.45) is 5.92 Å². The molecule has 88 valence electrons. The van der Waals surface area contributed by atoms with Gasteiger partial charge in [-0.2, -0.15) is 0 Å². The number of esters is 1. The molecule has 0 aromatic heterocycles. The van der Waals surface area contributed by atoms with Crippen LogP contribution in [0, 0.1) is 5.92 Å². The van der Waals surface area contributed by atoms with Gasteiger partial charge in [-0.05, 0) is 6.92 Å². The van der Waals surface area contributed by atoms with Crippen LogP contribution in [0.3, 0.4) is 0 Å². The van der Waals surface area contributed by atoms with Gasteiger partial charge in [-0.3, -0.25) is 4.79 Å². The Labute approximate surface area is 87.7 Å². The zero-order valence-corrected chi connectivity index (χ0v) is 9.07. The van der Waals surface area contributed by atoms with E-state index in [0.29, 0.717) is 0 Å². The van der Waals surface area contributed by atoms with Crippen molar-refractivity contribution in [3.8, 4) is 0 Å². The van der Waals surface area contributed by atoms with Gasteiger partial charge >= 0.3 is 5.97 Å². The van der Waals surface area contributed by atoms with Crippen molar-refractivity contribution >= 4 is 5.97 Å². The Balaban J connectivity index is 2.74. The zero-order valence-electron chi connectivity index (χ0n) is 9.07. The van der Waals surface area contributed by atoms with Crippen LogP contribution in [0.5, 0.6) is 0 Å². The van der Waals surface area contributed by atoms with Crippen molar-refractivity contribution in [2.45, 2.75) is 45.3 Å². The van der Waals surface area contributed by atoms with Crippen LogP contribution in [0.2, 0.25) is 0 Å². The molecule has 1 saturated heterocycles. The average Bonchev–Trinajstić information content (AvgIpc) is 2.18. The molecule has 1 rings (SSSR count). The minimum atomic E-state index is -1.59. The summed E-state index contributed by atoms with van der Waals surface area (Å²) in [6.07, 6.45) is -3.94.